The summed E-state index contributed by atoms with van der Waals surface area (Å²) >= 11 is 0. The van der Waals surface area contributed by atoms with E-state index in [-0.39, 0.29) is 11.9 Å². The second-order valence-electron chi connectivity index (χ2n) is 5.92. The van der Waals surface area contributed by atoms with Crippen molar-refractivity contribution >= 4 is 23.3 Å². The van der Waals surface area contributed by atoms with Gasteiger partial charge in [0.1, 0.15) is 0 Å². The maximum Gasteiger partial charge on any atom is 0.319 e. The van der Waals surface area contributed by atoms with Crippen molar-refractivity contribution in [3.05, 3.63) is 72.3 Å². The Hall–Kier alpha value is -3.08. The summed E-state index contributed by atoms with van der Waals surface area (Å²) < 4.78 is 0. The first-order valence-electron chi connectivity index (χ1n) is 8.30. The molecule has 1 aliphatic rings. The number of carbonyl (C=O) groups is 2. The second-order valence-corrected chi connectivity index (χ2v) is 5.92. The zero-order valence-electron chi connectivity index (χ0n) is 14.0. The molecule has 1 heterocycles. The summed E-state index contributed by atoms with van der Waals surface area (Å²) in [4.78, 5) is 26.0. The minimum Gasteiger partial charge on any atom is -0.334 e. The second kappa shape index (κ2) is 7.66. The molecule has 0 fully saturated rings. The molecule has 2 aromatic carbocycles. The van der Waals surface area contributed by atoms with Gasteiger partial charge in [0.15, 0.2) is 0 Å². The van der Waals surface area contributed by atoms with Crippen molar-refractivity contribution in [1.29, 1.82) is 0 Å². The number of benzene rings is 2. The molecule has 2 N–H and O–H groups in total. The molecule has 1 aliphatic heterocycles. The average molecular weight is 335 g/mol. The van der Waals surface area contributed by atoms with Crippen molar-refractivity contribution in [2.24, 2.45) is 0 Å². The van der Waals surface area contributed by atoms with Crippen molar-refractivity contribution < 1.29 is 9.59 Å². The van der Waals surface area contributed by atoms with E-state index in [0.29, 0.717) is 18.7 Å². The molecule has 0 radical (unpaired) electrons. The molecular weight excluding hydrogens is 314 g/mol. The van der Waals surface area contributed by atoms with Gasteiger partial charge in [0.2, 0.25) is 5.91 Å². The Morgan fingerprint density at radius 2 is 1.88 bits per heavy atom. The van der Waals surface area contributed by atoms with Gasteiger partial charge in [-0.3, -0.25) is 4.79 Å². The third kappa shape index (κ3) is 4.07. The van der Waals surface area contributed by atoms with Crippen molar-refractivity contribution in [2.45, 2.75) is 12.8 Å². The average Bonchev–Trinajstić information content (AvgIpc) is 3.06. The molecule has 2 aromatic rings. The number of para-hydroxylation sites is 1. The molecule has 0 saturated heterocycles. The Kier molecular flexibility index (Phi) is 5.14. The number of nitrogens with zero attached hydrogens (tertiary/aromatic N) is 1. The summed E-state index contributed by atoms with van der Waals surface area (Å²) in [7, 11) is 0. The Morgan fingerprint density at radius 1 is 1.12 bits per heavy atom. The summed E-state index contributed by atoms with van der Waals surface area (Å²) in [6.07, 6.45) is 2.87. The number of anilines is 2. The van der Waals surface area contributed by atoms with Gasteiger partial charge in [-0.1, -0.05) is 36.4 Å². The van der Waals surface area contributed by atoms with Gasteiger partial charge >= 0.3 is 6.03 Å². The van der Waals surface area contributed by atoms with Gasteiger partial charge in [-0.05, 0) is 35.7 Å². The summed E-state index contributed by atoms with van der Waals surface area (Å²) in [6, 6.07) is 15.1. The first-order valence-corrected chi connectivity index (χ1v) is 8.30. The molecule has 3 amide bonds. The topological polar surface area (TPSA) is 61.4 Å². The number of amides is 3. The fraction of sp³-hybridized carbons (Fsp3) is 0.200. The number of fused-ring (bicyclic) bond motifs is 1. The molecule has 5 heteroatoms. The lowest BCUT2D eigenvalue weighted by molar-refractivity contribution is -0.117. The molecular formula is C20H21N3O2. The van der Waals surface area contributed by atoms with Crippen molar-refractivity contribution in [3.8, 4) is 0 Å². The predicted molar refractivity (Wildman–Crippen MR) is 99.9 cm³/mol. The van der Waals surface area contributed by atoms with Gasteiger partial charge in [0.25, 0.3) is 0 Å². The summed E-state index contributed by atoms with van der Waals surface area (Å²) in [5.41, 5.74) is 3.85. The molecule has 0 unspecified atom stereocenters. The first kappa shape index (κ1) is 16.8. The quantitative estimate of drug-likeness (QED) is 0.825. The smallest absolute Gasteiger partial charge is 0.319 e. The van der Waals surface area contributed by atoms with E-state index in [1.807, 2.05) is 35.2 Å². The van der Waals surface area contributed by atoms with Crippen LogP contribution in [0.4, 0.5) is 16.2 Å². The lowest BCUT2D eigenvalue weighted by atomic mass is 10.1. The number of nitrogens with one attached hydrogen (secondary N) is 2. The highest BCUT2D eigenvalue weighted by atomic mass is 16.2. The van der Waals surface area contributed by atoms with Crippen LogP contribution in [-0.4, -0.2) is 25.0 Å². The Morgan fingerprint density at radius 3 is 2.64 bits per heavy atom. The molecule has 0 saturated carbocycles. The first-order chi connectivity index (χ1) is 12.2. The Bertz CT molecular complexity index is 784. The fourth-order valence-corrected chi connectivity index (χ4v) is 2.91. The van der Waals surface area contributed by atoms with Crippen LogP contribution in [0, 0.1) is 0 Å². The molecule has 3 rings (SSSR count). The van der Waals surface area contributed by atoms with E-state index < -0.39 is 0 Å². The molecule has 128 valence electrons. The van der Waals surface area contributed by atoms with Crippen LogP contribution in [0.1, 0.15) is 11.1 Å². The standard InChI is InChI=1S/C20H21N3O2/c1-2-12-21-20(25)22-17-9-7-15(8-10-17)14-19(24)23-13-11-16-5-3-4-6-18(16)23/h2-10H,1,11-14H2,(H2,21,22,25). The maximum absolute atomic E-state index is 12.6. The number of hydrogen-bond donors (Lipinski definition) is 2. The van der Waals surface area contributed by atoms with Gasteiger partial charge in [-0.15, -0.1) is 6.58 Å². The lowest BCUT2D eigenvalue weighted by Gasteiger charge is -2.17. The highest BCUT2D eigenvalue weighted by molar-refractivity contribution is 5.96. The lowest BCUT2D eigenvalue weighted by Crippen LogP contribution is -2.30. The van der Waals surface area contributed by atoms with Crippen LogP contribution in [0.15, 0.2) is 61.2 Å². The molecule has 0 aromatic heterocycles. The van der Waals surface area contributed by atoms with E-state index in [1.165, 1.54) is 5.56 Å². The predicted octanol–water partition coefficient (Wildman–Crippen LogP) is 3.13. The minimum atomic E-state index is -0.280. The number of carbonyl (C=O) groups excluding carboxylic acids is 2. The molecule has 0 bridgehead atoms. The SMILES string of the molecule is C=CCNC(=O)Nc1ccc(CC(=O)N2CCc3ccccc32)cc1. The van der Waals surface area contributed by atoms with Crippen LogP contribution in [-0.2, 0) is 17.6 Å². The monoisotopic (exact) mass is 335 g/mol. The highest BCUT2D eigenvalue weighted by Gasteiger charge is 2.23. The molecule has 25 heavy (non-hydrogen) atoms. The largest absolute Gasteiger partial charge is 0.334 e. The third-order valence-electron chi connectivity index (χ3n) is 4.16. The van der Waals surface area contributed by atoms with Gasteiger partial charge in [0, 0.05) is 24.5 Å². The van der Waals surface area contributed by atoms with Crippen LogP contribution in [0.25, 0.3) is 0 Å². The van der Waals surface area contributed by atoms with Crippen molar-refractivity contribution in [3.63, 3.8) is 0 Å². The Labute approximate surface area is 147 Å². The number of hydrogen-bond acceptors (Lipinski definition) is 2. The van der Waals surface area contributed by atoms with Gasteiger partial charge in [0.05, 0.1) is 6.42 Å². The normalized spacial score (nSPS) is 12.4. The molecule has 5 nitrogen and oxygen atoms in total. The number of urea groups is 1. The van der Waals surface area contributed by atoms with Crippen LogP contribution in [0.5, 0.6) is 0 Å². The zero-order valence-corrected chi connectivity index (χ0v) is 14.0. The highest BCUT2D eigenvalue weighted by Crippen LogP contribution is 2.28. The number of rotatable bonds is 5. The van der Waals surface area contributed by atoms with Crippen LogP contribution in [0.3, 0.4) is 0 Å². The van der Waals surface area contributed by atoms with E-state index in [4.69, 9.17) is 0 Å². The van der Waals surface area contributed by atoms with Crippen molar-refractivity contribution in [2.75, 3.05) is 23.3 Å². The van der Waals surface area contributed by atoms with Gasteiger partial charge in [-0.25, -0.2) is 4.79 Å². The van der Waals surface area contributed by atoms with Gasteiger partial charge in [-0.2, -0.15) is 0 Å². The van der Waals surface area contributed by atoms with E-state index >= 15 is 0 Å². The van der Waals surface area contributed by atoms with Crippen molar-refractivity contribution in [1.82, 2.24) is 5.32 Å². The molecule has 0 spiro atoms. The summed E-state index contributed by atoms with van der Waals surface area (Å²) in [5.74, 6) is 0.0920. The minimum absolute atomic E-state index is 0.0920. The summed E-state index contributed by atoms with van der Waals surface area (Å²) in [5, 5.41) is 5.38. The Balaban J connectivity index is 1.59. The van der Waals surface area contributed by atoms with E-state index in [1.54, 1.807) is 18.2 Å². The zero-order chi connectivity index (χ0) is 17.6. The van der Waals surface area contributed by atoms with E-state index in [9.17, 15) is 9.59 Å². The summed E-state index contributed by atoms with van der Waals surface area (Å²) in [6.45, 7) is 4.70. The fourth-order valence-electron chi connectivity index (χ4n) is 2.91. The molecule has 0 atom stereocenters. The van der Waals surface area contributed by atoms with E-state index in [2.05, 4.69) is 23.3 Å². The van der Waals surface area contributed by atoms with E-state index in [0.717, 1.165) is 24.2 Å². The molecule has 0 aliphatic carbocycles. The van der Waals surface area contributed by atoms with Crippen LogP contribution < -0.4 is 15.5 Å². The third-order valence-corrected chi connectivity index (χ3v) is 4.16. The maximum atomic E-state index is 12.6. The van der Waals surface area contributed by atoms with Gasteiger partial charge < -0.3 is 15.5 Å². The van der Waals surface area contributed by atoms with Crippen LogP contribution >= 0.6 is 0 Å². The van der Waals surface area contributed by atoms with Crippen LogP contribution in [0.2, 0.25) is 0 Å².